The molecule has 1 aromatic heterocycles. The second kappa shape index (κ2) is 6.92. The van der Waals surface area contributed by atoms with Crippen LogP contribution in [-0.4, -0.2) is 43.3 Å². The highest BCUT2D eigenvalue weighted by Gasteiger charge is 2.33. The second-order valence-corrected chi connectivity index (χ2v) is 5.29. The van der Waals surface area contributed by atoms with Crippen molar-refractivity contribution < 1.29 is 33.9 Å². The zero-order valence-electron chi connectivity index (χ0n) is 13.5. The number of rotatable bonds is 5. The summed E-state index contributed by atoms with van der Waals surface area (Å²) in [4.78, 5) is 32.0. The number of carbonyl (C=O) groups is 2. The van der Waals surface area contributed by atoms with Crippen LogP contribution in [0.15, 0.2) is 30.3 Å². The van der Waals surface area contributed by atoms with Gasteiger partial charge in [-0.05, 0) is 30.0 Å². The fourth-order valence-electron chi connectivity index (χ4n) is 2.55. The molecule has 128 valence electrons. The molecule has 1 aliphatic rings. The summed E-state index contributed by atoms with van der Waals surface area (Å²) >= 11 is 0. The first-order valence-corrected chi connectivity index (χ1v) is 7.36. The molecule has 0 fully saturated rings. The predicted molar refractivity (Wildman–Crippen MR) is 86.2 cm³/mol. The Bertz CT molecular complexity index is 839. The molecular weight excluding hydrogens is 329 g/mol. The van der Waals surface area contributed by atoms with Gasteiger partial charge < -0.3 is 19.0 Å². The molecule has 0 saturated carbocycles. The molecule has 2 heterocycles. The molecule has 0 bridgehead atoms. The lowest BCUT2D eigenvalue weighted by atomic mass is 9.46. The minimum Gasteiger partial charge on any atom is -0.465 e. The summed E-state index contributed by atoms with van der Waals surface area (Å²) in [5.74, 6) is -0.840. The van der Waals surface area contributed by atoms with E-state index in [1.165, 1.54) is 26.4 Å². The lowest BCUT2D eigenvalue weighted by molar-refractivity contribution is -0.143. The molecule has 0 radical (unpaired) electrons. The van der Waals surface area contributed by atoms with Gasteiger partial charge in [0.05, 0.1) is 19.8 Å². The van der Waals surface area contributed by atoms with Crippen LogP contribution in [0.5, 0.6) is 11.6 Å². The van der Waals surface area contributed by atoms with Crippen molar-refractivity contribution in [3.8, 4) is 11.6 Å². The summed E-state index contributed by atoms with van der Waals surface area (Å²) in [5, 5.41) is 8.71. The SMILES string of the molecule is COC(=O)c1ccc(Oc2ccc3c(c2)CB3OO)nc1C(=O)OC. The molecule has 0 unspecified atom stereocenters. The fourth-order valence-corrected chi connectivity index (χ4v) is 2.55. The Balaban J connectivity index is 1.87. The van der Waals surface area contributed by atoms with Gasteiger partial charge in [0.1, 0.15) is 5.75 Å². The number of hydrogen-bond acceptors (Lipinski definition) is 8. The summed E-state index contributed by atoms with van der Waals surface area (Å²) in [6.45, 7) is -0.313. The van der Waals surface area contributed by atoms with Crippen molar-refractivity contribution in [2.45, 2.75) is 6.32 Å². The number of methoxy groups -OCH3 is 2. The third-order valence-electron chi connectivity index (χ3n) is 3.87. The molecule has 0 aliphatic carbocycles. The van der Waals surface area contributed by atoms with Crippen molar-refractivity contribution >= 4 is 24.3 Å². The molecule has 3 rings (SSSR count). The third-order valence-corrected chi connectivity index (χ3v) is 3.87. The van der Waals surface area contributed by atoms with E-state index in [9.17, 15) is 9.59 Å². The van der Waals surface area contributed by atoms with Crippen LogP contribution in [0.2, 0.25) is 0 Å². The molecule has 8 nitrogen and oxygen atoms in total. The minimum atomic E-state index is -0.772. The van der Waals surface area contributed by atoms with Crippen molar-refractivity contribution in [3.63, 3.8) is 0 Å². The Hall–Kier alpha value is -2.91. The maximum absolute atomic E-state index is 11.9. The summed E-state index contributed by atoms with van der Waals surface area (Å²) in [5.41, 5.74) is 1.67. The molecule has 25 heavy (non-hydrogen) atoms. The third kappa shape index (κ3) is 3.19. The van der Waals surface area contributed by atoms with E-state index in [0.29, 0.717) is 12.1 Å². The topological polar surface area (TPSA) is 104 Å². The molecule has 0 saturated heterocycles. The lowest BCUT2D eigenvalue weighted by Crippen LogP contribution is -2.47. The van der Waals surface area contributed by atoms with Crippen LogP contribution < -0.4 is 10.2 Å². The number of hydrogen-bond donors (Lipinski definition) is 1. The number of aromatic nitrogens is 1. The molecule has 0 amide bonds. The van der Waals surface area contributed by atoms with Crippen LogP contribution >= 0.6 is 0 Å². The van der Waals surface area contributed by atoms with E-state index in [-0.39, 0.29) is 24.1 Å². The van der Waals surface area contributed by atoms with Crippen LogP contribution in [0.1, 0.15) is 26.4 Å². The average molecular weight is 343 g/mol. The van der Waals surface area contributed by atoms with Crippen molar-refractivity contribution in [2.75, 3.05) is 14.2 Å². The van der Waals surface area contributed by atoms with Crippen molar-refractivity contribution in [3.05, 3.63) is 47.2 Å². The van der Waals surface area contributed by atoms with Crippen LogP contribution in [0, 0.1) is 0 Å². The summed E-state index contributed by atoms with van der Waals surface area (Å²) in [7, 11) is 2.40. The van der Waals surface area contributed by atoms with Crippen molar-refractivity contribution in [1.82, 2.24) is 4.98 Å². The van der Waals surface area contributed by atoms with Crippen LogP contribution in [0.3, 0.4) is 0 Å². The molecule has 0 spiro atoms. The minimum absolute atomic E-state index is 0.0122. The van der Waals surface area contributed by atoms with E-state index in [1.807, 2.05) is 0 Å². The number of fused-ring (bicyclic) bond motifs is 1. The first kappa shape index (κ1) is 16.9. The van der Waals surface area contributed by atoms with Crippen LogP contribution in [0.4, 0.5) is 0 Å². The zero-order valence-corrected chi connectivity index (χ0v) is 13.5. The fraction of sp³-hybridized carbons (Fsp3) is 0.188. The normalized spacial score (nSPS) is 12.0. The van der Waals surface area contributed by atoms with Gasteiger partial charge in [0, 0.05) is 6.07 Å². The largest absolute Gasteiger partial charge is 0.465 e. The summed E-state index contributed by atoms with van der Waals surface area (Å²) in [6.07, 6.45) is 0.575. The van der Waals surface area contributed by atoms with Gasteiger partial charge in [-0.25, -0.2) is 14.6 Å². The number of nitrogens with zero attached hydrogens (tertiary/aromatic N) is 1. The lowest BCUT2D eigenvalue weighted by Gasteiger charge is -2.24. The molecular formula is C16H14BNO7. The smallest absolute Gasteiger partial charge is 0.377 e. The highest BCUT2D eigenvalue weighted by atomic mass is 17.1. The van der Waals surface area contributed by atoms with Gasteiger partial charge in [0.15, 0.2) is 5.69 Å². The van der Waals surface area contributed by atoms with Crippen molar-refractivity contribution in [2.24, 2.45) is 0 Å². The van der Waals surface area contributed by atoms with E-state index in [4.69, 9.17) is 9.99 Å². The molecule has 9 heteroatoms. The van der Waals surface area contributed by atoms with E-state index >= 15 is 0 Å². The van der Waals surface area contributed by atoms with Crippen LogP contribution in [0.25, 0.3) is 0 Å². The monoisotopic (exact) mass is 343 g/mol. The number of ether oxygens (including phenoxy) is 3. The van der Waals surface area contributed by atoms with E-state index < -0.39 is 11.9 Å². The van der Waals surface area contributed by atoms with Crippen LogP contribution in [-0.2, 0) is 20.6 Å². The highest BCUT2D eigenvalue weighted by molar-refractivity contribution is 6.71. The first-order chi connectivity index (χ1) is 12.1. The van der Waals surface area contributed by atoms with Crippen molar-refractivity contribution in [1.29, 1.82) is 0 Å². The quantitative estimate of drug-likeness (QED) is 0.374. The predicted octanol–water partition coefficient (Wildman–Crippen LogP) is 1.23. The Morgan fingerprint density at radius 3 is 2.52 bits per heavy atom. The molecule has 1 N–H and O–H groups in total. The van der Waals surface area contributed by atoms with E-state index in [2.05, 4.69) is 19.3 Å². The van der Waals surface area contributed by atoms with E-state index in [0.717, 1.165) is 11.0 Å². The maximum atomic E-state index is 11.9. The molecule has 0 atom stereocenters. The van der Waals surface area contributed by atoms with Gasteiger partial charge in [0.2, 0.25) is 5.88 Å². The van der Waals surface area contributed by atoms with E-state index in [1.54, 1.807) is 18.2 Å². The Kier molecular flexibility index (Phi) is 4.69. The van der Waals surface area contributed by atoms with Gasteiger partial charge in [-0.3, -0.25) is 5.26 Å². The number of carbonyl (C=O) groups excluding carboxylic acids is 2. The maximum Gasteiger partial charge on any atom is 0.377 e. The van der Waals surface area contributed by atoms with Gasteiger partial charge in [-0.2, -0.15) is 0 Å². The first-order valence-electron chi connectivity index (χ1n) is 7.36. The molecule has 1 aliphatic heterocycles. The number of benzene rings is 1. The number of esters is 2. The molecule has 2 aromatic rings. The van der Waals surface area contributed by atoms with Gasteiger partial charge >= 0.3 is 18.9 Å². The average Bonchev–Trinajstić information content (AvgIpc) is 2.62. The zero-order chi connectivity index (χ0) is 18.0. The summed E-state index contributed by atoms with van der Waals surface area (Å²) < 4.78 is 14.9. The highest BCUT2D eigenvalue weighted by Crippen LogP contribution is 2.25. The Morgan fingerprint density at radius 1 is 1.12 bits per heavy atom. The summed E-state index contributed by atoms with van der Waals surface area (Å²) in [6, 6.07) is 8.10. The van der Waals surface area contributed by atoms with Gasteiger partial charge in [0.25, 0.3) is 0 Å². The number of pyridine rings is 1. The Morgan fingerprint density at radius 2 is 1.88 bits per heavy atom. The molecule has 1 aromatic carbocycles. The standard InChI is InChI=1S/C16H14BNO7/c1-22-15(19)11-4-6-13(18-14(11)16(20)23-2)24-10-3-5-12-9(7-10)8-17(12)25-21/h3-7,21H,8H2,1-2H3. The van der Waals surface area contributed by atoms with Gasteiger partial charge in [-0.15, -0.1) is 0 Å². The van der Waals surface area contributed by atoms with Gasteiger partial charge in [-0.1, -0.05) is 11.6 Å². The Labute approximate surface area is 143 Å². The second-order valence-electron chi connectivity index (χ2n) is 5.29.